The molecule has 138 valence electrons. The zero-order chi connectivity index (χ0) is 18.8. The highest BCUT2D eigenvalue weighted by molar-refractivity contribution is 7.14. The number of amides is 2. The molecule has 6 nitrogen and oxygen atoms in total. The van der Waals surface area contributed by atoms with Crippen molar-refractivity contribution in [1.82, 2.24) is 4.98 Å². The van der Waals surface area contributed by atoms with Gasteiger partial charge in [0.1, 0.15) is 16.5 Å². The predicted molar refractivity (Wildman–Crippen MR) is 108 cm³/mol. The first-order chi connectivity index (χ1) is 13.2. The molecule has 1 aromatic carbocycles. The number of nitrogens with zero attached hydrogens (tertiary/aromatic N) is 2. The fourth-order valence-corrected chi connectivity index (χ4v) is 4.49. The number of nitrogens with one attached hydrogen (secondary N) is 1. The maximum Gasteiger partial charge on any atom is 0.275 e. The van der Waals surface area contributed by atoms with E-state index in [0.717, 1.165) is 17.0 Å². The first-order valence-corrected chi connectivity index (χ1v) is 10.3. The van der Waals surface area contributed by atoms with Crippen molar-refractivity contribution >= 4 is 45.9 Å². The van der Waals surface area contributed by atoms with Crippen LogP contribution in [0.5, 0.6) is 5.75 Å². The summed E-state index contributed by atoms with van der Waals surface area (Å²) in [5.74, 6) is 0.393. The summed E-state index contributed by atoms with van der Waals surface area (Å²) < 4.78 is 5.38. The van der Waals surface area contributed by atoms with Crippen molar-refractivity contribution in [1.29, 1.82) is 0 Å². The number of rotatable bonds is 5. The Morgan fingerprint density at radius 3 is 2.89 bits per heavy atom. The number of thiophene rings is 1. The zero-order valence-electron chi connectivity index (χ0n) is 14.6. The lowest BCUT2D eigenvalue weighted by Gasteiger charge is -2.20. The van der Waals surface area contributed by atoms with Crippen molar-refractivity contribution in [3.8, 4) is 16.3 Å². The first kappa shape index (κ1) is 17.7. The highest BCUT2D eigenvalue weighted by atomic mass is 32.1. The Morgan fingerprint density at radius 1 is 1.30 bits per heavy atom. The number of hydrogen-bond donors (Lipinski definition) is 1. The molecule has 8 heteroatoms. The number of aromatic nitrogens is 1. The molecule has 0 spiro atoms. The fraction of sp³-hybridized carbons (Fsp3) is 0.211. The quantitative estimate of drug-likeness (QED) is 0.696. The summed E-state index contributed by atoms with van der Waals surface area (Å²) in [7, 11) is 1.57. The molecule has 1 aliphatic rings. The Morgan fingerprint density at radius 2 is 2.19 bits per heavy atom. The topological polar surface area (TPSA) is 71.5 Å². The van der Waals surface area contributed by atoms with Gasteiger partial charge in [-0.05, 0) is 36.1 Å². The van der Waals surface area contributed by atoms with Crippen molar-refractivity contribution in [2.24, 2.45) is 0 Å². The molecule has 0 radical (unpaired) electrons. The van der Waals surface area contributed by atoms with Crippen molar-refractivity contribution < 1.29 is 14.3 Å². The molecule has 1 saturated heterocycles. The van der Waals surface area contributed by atoms with E-state index < -0.39 is 0 Å². The van der Waals surface area contributed by atoms with Gasteiger partial charge in [-0.2, -0.15) is 11.3 Å². The highest BCUT2D eigenvalue weighted by Crippen LogP contribution is 2.34. The van der Waals surface area contributed by atoms with Gasteiger partial charge in [0.15, 0.2) is 0 Å². The number of ether oxygens (including phenoxy) is 1. The van der Waals surface area contributed by atoms with Crippen molar-refractivity contribution in [3.05, 3.63) is 46.1 Å². The molecule has 1 N–H and O–H groups in total. The van der Waals surface area contributed by atoms with Gasteiger partial charge in [-0.3, -0.25) is 9.59 Å². The number of carbonyl (C=O) groups excluding carboxylic acids is 2. The summed E-state index contributed by atoms with van der Waals surface area (Å²) in [6.45, 7) is 0.655. The van der Waals surface area contributed by atoms with Gasteiger partial charge in [0, 0.05) is 35.0 Å². The van der Waals surface area contributed by atoms with Crippen LogP contribution >= 0.6 is 22.7 Å². The number of anilines is 2. The average molecular weight is 399 g/mol. The molecule has 27 heavy (non-hydrogen) atoms. The largest absolute Gasteiger partial charge is 0.495 e. The molecule has 0 bridgehead atoms. The van der Waals surface area contributed by atoms with Gasteiger partial charge in [0.2, 0.25) is 5.91 Å². The van der Waals surface area contributed by atoms with E-state index in [1.807, 2.05) is 16.8 Å². The summed E-state index contributed by atoms with van der Waals surface area (Å²) in [5.41, 5.74) is 2.66. The van der Waals surface area contributed by atoms with Crippen molar-refractivity contribution in [2.75, 3.05) is 23.9 Å². The molecule has 1 fully saturated rings. The molecule has 0 saturated carbocycles. The van der Waals surface area contributed by atoms with Crippen molar-refractivity contribution in [2.45, 2.75) is 12.8 Å². The minimum Gasteiger partial charge on any atom is -0.495 e. The first-order valence-electron chi connectivity index (χ1n) is 8.43. The molecule has 4 rings (SSSR count). The van der Waals surface area contributed by atoms with Gasteiger partial charge in [-0.25, -0.2) is 4.98 Å². The van der Waals surface area contributed by atoms with Gasteiger partial charge in [-0.15, -0.1) is 11.3 Å². The number of thiazole rings is 1. The minimum absolute atomic E-state index is 0.0664. The molecular formula is C19H17N3O3S2. The van der Waals surface area contributed by atoms with E-state index in [-0.39, 0.29) is 11.8 Å². The van der Waals surface area contributed by atoms with E-state index in [1.54, 1.807) is 46.9 Å². The average Bonchev–Trinajstić information content (AvgIpc) is 3.42. The molecule has 1 aliphatic heterocycles. The van der Waals surface area contributed by atoms with Gasteiger partial charge >= 0.3 is 0 Å². The lowest BCUT2D eigenvalue weighted by molar-refractivity contribution is -0.117. The molecule has 3 aromatic rings. The Kier molecular flexibility index (Phi) is 4.91. The summed E-state index contributed by atoms with van der Waals surface area (Å²) in [5, 5.41) is 9.41. The molecule has 0 unspecified atom stereocenters. The monoisotopic (exact) mass is 399 g/mol. The van der Waals surface area contributed by atoms with E-state index in [1.165, 1.54) is 11.3 Å². The Bertz CT molecular complexity index is 982. The summed E-state index contributed by atoms with van der Waals surface area (Å²) in [4.78, 5) is 30.8. The van der Waals surface area contributed by atoms with Gasteiger partial charge < -0.3 is 15.0 Å². The Hall–Kier alpha value is -2.71. The second-order valence-corrected chi connectivity index (χ2v) is 7.68. The number of methoxy groups -OCH3 is 1. The van der Waals surface area contributed by atoms with E-state index in [9.17, 15) is 9.59 Å². The zero-order valence-corrected chi connectivity index (χ0v) is 16.2. The second-order valence-electron chi connectivity index (χ2n) is 6.04. The van der Waals surface area contributed by atoms with Crippen LogP contribution in [0.3, 0.4) is 0 Å². The van der Waals surface area contributed by atoms with Crippen LogP contribution in [0.2, 0.25) is 0 Å². The van der Waals surface area contributed by atoms with Crippen LogP contribution in [0.25, 0.3) is 10.6 Å². The number of hydrogen-bond acceptors (Lipinski definition) is 6. The normalized spacial score (nSPS) is 13.8. The summed E-state index contributed by atoms with van der Waals surface area (Å²) in [6.07, 6.45) is 1.35. The molecule has 0 aliphatic carbocycles. The van der Waals surface area contributed by atoms with Crippen LogP contribution in [-0.4, -0.2) is 30.5 Å². The minimum atomic E-state index is -0.281. The fourth-order valence-electron chi connectivity index (χ4n) is 2.97. The van der Waals surface area contributed by atoms with Crippen molar-refractivity contribution in [3.63, 3.8) is 0 Å². The van der Waals surface area contributed by atoms with E-state index in [0.29, 0.717) is 35.8 Å². The Labute approximate surface area is 164 Å². The third kappa shape index (κ3) is 3.58. The predicted octanol–water partition coefficient (Wildman–Crippen LogP) is 4.26. The second kappa shape index (κ2) is 7.50. The molecule has 3 heterocycles. The maximum absolute atomic E-state index is 12.6. The molecule has 2 aromatic heterocycles. The SMILES string of the molecule is COc1ccc(NC(=O)c2csc(-c3ccsc3)n2)cc1N1CCCC1=O. The number of carbonyl (C=O) groups is 2. The molecule has 0 atom stereocenters. The van der Waals surface area contributed by atoms with Crippen LogP contribution in [0.1, 0.15) is 23.3 Å². The lowest BCUT2D eigenvalue weighted by atomic mass is 10.2. The van der Waals surface area contributed by atoms with E-state index >= 15 is 0 Å². The third-order valence-corrected chi connectivity index (χ3v) is 5.88. The molecular weight excluding hydrogens is 382 g/mol. The van der Waals surface area contributed by atoms with Crippen LogP contribution in [0.4, 0.5) is 11.4 Å². The van der Waals surface area contributed by atoms with Crippen LogP contribution < -0.4 is 15.0 Å². The van der Waals surface area contributed by atoms with Crippen LogP contribution in [0.15, 0.2) is 40.4 Å². The lowest BCUT2D eigenvalue weighted by Crippen LogP contribution is -2.24. The van der Waals surface area contributed by atoms with E-state index in [4.69, 9.17) is 4.74 Å². The van der Waals surface area contributed by atoms with E-state index in [2.05, 4.69) is 10.3 Å². The third-order valence-electron chi connectivity index (χ3n) is 4.31. The summed E-state index contributed by atoms with van der Waals surface area (Å²) in [6, 6.07) is 7.27. The van der Waals surface area contributed by atoms with Gasteiger partial charge in [-0.1, -0.05) is 0 Å². The maximum atomic E-state index is 12.6. The Balaban J connectivity index is 1.55. The molecule has 2 amide bonds. The van der Waals surface area contributed by atoms with Gasteiger partial charge in [0.05, 0.1) is 12.8 Å². The standard InChI is InChI=1S/C19H17N3O3S2/c1-25-16-5-4-13(9-15(16)22-7-2-3-17(22)23)20-18(24)14-11-27-19(21-14)12-6-8-26-10-12/h4-6,8-11H,2-3,7H2,1H3,(H,20,24). The van der Waals surface area contributed by atoms with Gasteiger partial charge in [0.25, 0.3) is 5.91 Å². The highest BCUT2D eigenvalue weighted by Gasteiger charge is 2.25. The van der Waals surface area contributed by atoms with Crippen LogP contribution in [-0.2, 0) is 4.79 Å². The smallest absolute Gasteiger partial charge is 0.275 e. The summed E-state index contributed by atoms with van der Waals surface area (Å²) >= 11 is 3.03. The number of benzene rings is 1. The van der Waals surface area contributed by atoms with Crippen LogP contribution in [0, 0.1) is 0 Å².